The SMILES string of the molecule is NCC(NC1CC=CC1)c1ccc(Br)c(Br)c1. The van der Waals surface area contributed by atoms with Crippen molar-refractivity contribution in [1.29, 1.82) is 0 Å². The zero-order valence-electron chi connectivity index (χ0n) is 9.50. The largest absolute Gasteiger partial charge is 0.329 e. The monoisotopic (exact) mass is 358 g/mol. The molecule has 1 unspecified atom stereocenters. The van der Waals surface area contributed by atoms with E-state index in [9.17, 15) is 0 Å². The normalized spacial score (nSPS) is 17.6. The van der Waals surface area contributed by atoms with Gasteiger partial charge in [-0.15, -0.1) is 0 Å². The summed E-state index contributed by atoms with van der Waals surface area (Å²) in [4.78, 5) is 0. The summed E-state index contributed by atoms with van der Waals surface area (Å²) in [6.45, 7) is 0.616. The lowest BCUT2D eigenvalue weighted by Gasteiger charge is -2.22. The average molecular weight is 360 g/mol. The van der Waals surface area contributed by atoms with Crippen LogP contribution < -0.4 is 11.1 Å². The van der Waals surface area contributed by atoms with Crippen molar-refractivity contribution in [1.82, 2.24) is 5.32 Å². The maximum atomic E-state index is 5.86. The molecule has 0 amide bonds. The maximum absolute atomic E-state index is 5.86. The highest BCUT2D eigenvalue weighted by Gasteiger charge is 2.17. The second-order valence-electron chi connectivity index (χ2n) is 4.27. The summed E-state index contributed by atoms with van der Waals surface area (Å²) in [6.07, 6.45) is 6.66. The number of rotatable bonds is 4. The molecule has 0 aromatic heterocycles. The third-order valence-electron chi connectivity index (χ3n) is 3.03. The molecular weight excluding hydrogens is 344 g/mol. The summed E-state index contributed by atoms with van der Waals surface area (Å²) in [5.41, 5.74) is 7.09. The van der Waals surface area contributed by atoms with E-state index in [1.807, 2.05) is 0 Å². The zero-order valence-corrected chi connectivity index (χ0v) is 12.7. The molecule has 1 aromatic carbocycles. The van der Waals surface area contributed by atoms with E-state index in [0.717, 1.165) is 21.8 Å². The Morgan fingerprint density at radius 3 is 2.53 bits per heavy atom. The molecule has 0 fully saturated rings. The fraction of sp³-hybridized carbons (Fsp3) is 0.385. The second kappa shape index (κ2) is 6.14. The van der Waals surface area contributed by atoms with Gasteiger partial charge in [-0.1, -0.05) is 18.2 Å². The van der Waals surface area contributed by atoms with E-state index in [1.165, 1.54) is 5.56 Å². The number of hydrogen-bond acceptors (Lipinski definition) is 2. The van der Waals surface area contributed by atoms with Gasteiger partial charge in [-0.2, -0.15) is 0 Å². The molecule has 0 saturated heterocycles. The Hall–Kier alpha value is -0.160. The van der Waals surface area contributed by atoms with E-state index in [1.54, 1.807) is 0 Å². The van der Waals surface area contributed by atoms with Gasteiger partial charge in [0.2, 0.25) is 0 Å². The van der Waals surface area contributed by atoms with Gasteiger partial charge in [0, 0.05) is 27.6 Å². The number of benzene rings is 1. The van der Waals surface area contributed by atoms with Crippen molar-refractivity contribution in [2.24, 2.45) is 5.73 Å². The number of halogens is 2. The molecule has 0 heterocycles. The third kappa shape index (κ3) is 3.41. The standard InChI is InChI=1S/C13H16Br2N2/c14-11-6-5-9(7-12(11)15)13(8-16)17-10-3-1-2-4-10/h1-2,5-7,10,13,17H,3-4,8,16H2. The van der Waals surface area contributed by atoms with E-state index in [2.05, 4.69) is 67.5 Å². The fourth-order valence-electron chi connectivity index (χ4n) is 2.07. The van der Waals surface area contributed by atoms with Crippen LogP contribution in [0.3, 0.4) is 0 Å². The van der Waals surface area contributed by atoms with Crippen LogP contribution in [0.25, 0.3) is 0 Å². The Balaban J connectivity index is 2.08. The van der Waals surface area contributed by atoms with Crippen LogP contribution in [0.2, 0.25) is 0 Å². The van der Waals surface area contributed by atoms with Crippen molar-refractivity contribution >= 4 is 31.9 Å². The first-order valence-corrected chi connectivity index (χ1v) is 7.35. The van der Waals surface area contributed by atoms with Crippen LogP contribution in [0.1, 0.15) is 24.4 Å². The molecule has 17 heavy (non-hydrogen) atoms. The Kier molecular flexibility index (Phi) is 4.79. The first-order chi connectivity index (χ1) is 8.20. The fourth-order valence-corrected chi connectivity index (χ4v) is 2.71. The quantitative estimate of drug-likeness (QED) is 0.807. The molecule has 1 aromatic rings. The van der Waals surface area contributed by atoms with Crippen LogP contribution in [0.15, 0.2) is 39.3 Å². The molecule has 1 aliphatic carbocycles. The third-order valence-corrected chi connectivity index (χ3v) is 4.91. The predicted molar refractivity (Wildman–Crippen MR) is 78.9 cm³/mol. The second-order valence-corrected chi connectivity index (χ2v) is 5.98. The number of nitrogens with one attached hydrogen (secondary N) is 1. The van der Waals surface area contributed by atoms with Crippen molar-refractivity contribution in [2.75, 3.05) is 6.54 Å². The first kappa shape index (κ1) is 13.3. The van der Waals surface area contributed by atoms with Gasteiger partial charge < -0.3 is 11.1 Å². The molecular formula is C13H16Br2N2. The van der Waals surface area contributed by atoms with Crippen molar-refractivity contribution in [3.63, 3.8) is 0 Å². The van der Waals surface area contributed by atoms with E-state index in [-0.39, 0.29) is 6.04 Å². The van der Waals surface area contributed by atoms with Crippen LogP contribution in [0.4, 0.5) is 0 Å². The van der Waals surface area contributed by atoms with Gasteiger partial charge in [0.15, 0.2) is 0 Å². The summed E-state index contributed by atoms with van der Waals surface area (Å²) in [5, 5.41) is 3.60. The van der Waals surface area contributed by atoms with Crippen LogP contribution >= 0.6 is 31.9 Å². The highest BCUT2D eigenvalue weighted by Crippen LogP contribution is 2.27. The van der Waals surface area contributed by atoms with Crippen LogP contribution in [-0.2, 0) is 0 Å². The lowest BCUT2D eigenvalue weighted by molar-refractivity contribution is 0.453. The van der Waals surface area contributed by atoms with Gasteiger partial charge in [-0.25, -0.2) is 0 Å². The van der Waals surface area contributed by atoms with Gasteiger partial charge in [-0.3, -0.25) is 0 Å². The Morgan fingerprint density at radius 2 is 1.94 bits per heavy atom. The topological polar surface area (TPSA) is 38.0 Å². The predicted octanol–water partition coefficient (Wildman–Crippen LogP) is 3.52. The van der Waals surface area contributed by atoms with Crippen molar-refractivity contribution in [2.45, 2.75) is 24.9 Å². The van der Waals surface area contributed by atoms with E-state index in [4.69, 9.17) is 5.73 Å². The van der Waals surface area contributed by atoms with Crippen LogP contribution in [0, 0.1) is 0 Å². The summed E-state index contributed by atoms with van der Waals surface area (Å²) in [6, 6.07) is 7.05. The first-order valence-electron chi connectivity index (χ1n) is 5.76. The van der Waals surface area contributed by atoms with Gasteiger partial charge in [0.05, 0.1) is 0 Å². The van der Waals surface area contributed by atoms with Gasteiger partial charge in [0.25, 0.3) is 0 Å². The molecule has 92 valence electrons. The summed E-state index contributed by atoms with van der Waals surface area (Å²) < 4.78 is 2.14. The van der Waals surface area contributed by atoms with Crippen LogP contribution in [-0.4, -0.2) is 12.6 Å². The van der Waals surface area contributed by atoms with Gasteiger partial charge in [0.1, 0.15) is 0 Å². The Morgan fingerprint density at radius 1 is 1.24 bits per heavy atom. The number of hydrogen-bond donors (Lipinski definition) is 2. The molecule has 0 radical (unpaired) electrons. The molecule has 0 aliphatic heterocycles. The lowest BCUT2D eigenvalue weighted by atomic mass is 10.1. The molecule has 0 bridgehead atoms. The zero-order chi connectivity index (χ0) is 12.3. The lowest BCUT2D eigenvalue weighted by Crippen LogP contribution is -2.35. The van der Waals surface area contributed by atoms with Crippen LogP contribution in [0.5, 0.6) is 0 Å². The van der Waals surface area contributed by atoms with Gasteiger partial charge in [-0.05, 0) is 62.4 Å². The Labute approximate surface area is 119 Å². The minimum absolute atomic E-state index is 0.226. The summed E-state index contributed by atoms with van der Waals surface area (Å²) >= 11 is 7.01. The molecule has 3 N–H and O–H groups in total. The summed E-state index contributed by atoms with van der Waals surface area (Å²) in [7, 11) is 0. The molecule has 1 atom stereocenters. The van der Waals surface area contributed by atoms with Crippen molar-refractivity contribution in [3.8, 4) is 0 Å². The van der Waals surface area contributed by atoms with Crippen molar-refractivity contribution < 1.29 is 0 Å². The molecule has 0 spiro atoms. The molecule has 2 rings (SSSR count). The van der Waals surface area contributed by atoms with E-state index >= 15 is 0 Å². The van der Waals surface area contributed by atoms with E-state index < -0.39 is 0 Å². The molecule has 4 heteroatoms. The van der Waals surface area contributed by atoms with Crippen molar-refractivity contribution in [3.05, 3.63) is 44.9 Å². The smallest absolute Gasteiger partial charge is 0.0447 e. The minimum atomic E-state index is 0.226. The maximum Gasteiger partial charge on any atom is 0.0447 e. The molecule has 1 aliphatic rings. The average Bonchev–Trinajstić information content (AvgIpc) is 2.82. The minimum Gasteiger partial charge on any atom is -0.329 e. The highest BCUT2D eigenvalue weighted by atomic mass is 79.9. The highest BCUT2D eigenvalue weighted by molar-refractivity contribution is 9.13. The molecule has 0 saturated carbocycles. The van der Waals surface area contributed by atoms with Gasteiger partial charge >= 0.3 is 0 Å². The van der Waals surface area contributed by atoms with E-state index in [0.29, 0.717) is 12.6 Å². The summed E-state index contributed by atoms with van der Waals surface area (Å²) in [5.74, 6) is 0. The Bertz CT molecular complexity index is 410. The molecule has 2 nitrogen and oxygen atoms in total. The number of nitrogens with two attached hydrogens (primary N) is 1.